The van der Waals surface area contributed by atoms with Crippen LogP contribution in [0.25, 0.3) is 11.3 Å². The highest BCUT2D eigenvalue weighted by Crippen LogP contribution is 2.24. The molecule has 0 aliphatic carbocycles. The van der Waals surface area contributed by atoms with Crippen LogP contribution in [0.4, 0.5) is 8.78 Å². The van der Waals surface area contributed by atoms with Gasteiger partial charge < -0.3 is 14.6 Å². The summed E-state index contributed by atoms with van der Waals surface area (Å²) in [6.07, 6.45) is 1.59. The first-order valence-corrected chi connectivity index (χ1v) is 10.4. The first-order chi connectivity index (χ1) is 15.4. The van der Waals surface area contributed by atoms with Crippen LogP contribution in [0.5, 0.6) is 0 Å². The Hall–Kier alpha value is -3.26. The number of amides is 2. The molecule has 1 N–H and O–H groups in total. The van der Waals surface area contributed by atoms with E-state index in [-0.39, 0.29) is 48.4 Å². The number of halogens is 3. The van der Waals surface area contributed by atoms with Crippen molar-refractivity contribution in [1.29, 1.82) is 0 Å². The lowest BCUT2D eigenvalue weighted by Gasteiger charge is -2.20. The summed E-state index contributed by atoms with van der Waals surface area (Å²) < 4.78 is 32.5. The minimum Gasteiger partial charge on any atom is -0.441 e. The number of carbonyl (C=O) groups is 2. The topological polar surface area (TPSA) is 75.4 Å². The van der Waals surface area contributed by atoms with Gasteiger partial charge >= 0.3 is 0 Å². The van der Waals surface area contributed by atoms with E-state index in [4.69, 9.17) is 16.0 Å². The number of aromatic nitrogens is 1. The van der Waals surface area contributed by atoms with Gasteiger partial charge in [0.2, 0.25) is 11.8 Å². The van der Waals surface area contributed by atoms with Gasteiger partial charge in [-0.25, -0.2) is 13.8 Å². The van der Waals surface area contributed by atoms with E-state index in [2.05, 4.69) is 10.3 Å². The maximum absolute atomic E-state index is 13.9. The number of oxazole rings is 1. The van der Waals surface area contributed by atoms with Crippen LogP contribution in [0, 0.1) is 11.6 Å². The number of benzene rings is 2. The van der Waals surface area contributed by atoms with E-state index in [0.717, 1.165) is 17.7 Å². The van der Waals surface area contributed by atoms with Gasteiger partial charge in [0.05, 0.1) is 18.3 Å². The monoisotopic (exact) mass is 461 g/mol. The molecule has 0 radical (unpaired) electrons. The molecule has 0 fully saturated rings. The number of nitrogens with one attached hydrogen (secondary N) is 1. The SMILES string of the molecule is CCN(CC(=O)NCc1ccc(Cl)cc1)C(=O)CCc1ncc(-c2ccc(F)cc2F)o1. The lowest BCUT2D eigenvalue weighted by molar-refractivity contribution is -0.135. The molecule has 2 aromatic carbocycles. The Morgan fingerprint density at radius 3 is 2.59 bits per heavy atom. The second-order valence-electron chi connectivity index (χ2n) is 7.05. The average Bonchev–Trinajstić information content (AvgIpc) is 3.24. The number of aryl methyl sites for hydroxylation is 1. The Bertz CT molecular complexity index is 1090. The maximum Gasteiger partial charge on any atom is 0.239 e. The molecule has 32 heavy (non-hydrogen) atoms. The standard InChI is InChI=1S/C23H22ClF2N3O3/c1-2-29(14-21(30)27-12-15-3-5-16(24)6-4-15)23(31)10-9-22-28-13-20(32-22)18-8-7-17(25)11-19(18)26/h3-8,11,13H,2,9-10,12,14H2,1H3,(H,27,30). The van der Waals surface area contributed by atoms with Crippen molar-refractivity contribution in [3.05, 3.63) is 76.8 Å². The first-order valence-electron chi connectivity index (χ1n) is 10.0. The first kappa shape index (κ1) is 23.4. The van der Waals surface area contributed by atoms with Crippen LogP contribution in [-0.4, -0.2) is 34.8 Å². The highest BCUT2D eigenvalue weighted by atomic mass is 35.5. The van der Waals surface area contributed by atoms with Crippen molar-refractivity contribution in [2.75, 3.05) is 13.1 Å². The van der Waals surface area contributed by atoms with Crippen molar-refractivity contribution in [1.82, 2.24) is 15.2 Å². The average molecular weight is 462 g/mol. The third kappa shape index (κ3) is 6.37. The van der Waals surface area contributed by atoms with Gasteiger partial charge in [0.25, 0.3) is 0 Å². The molecule has 0 aliphatic heterocycles. The summed E-state index contributed by atoms with van der Waals surface area (Å²) in [5, 5.41) is 3.39. The summed E-state index contributed by atoms with van der Waals surface area (Å²) >= 11 is 5.84. The van der Waals surface area contributed by atoms with Crippen LogP contribution >= 0.6 is 11.6 Å². The number of hydrogen-bond donors (Lipinski definition) is 1. The van der Waals surface area contributed by atoms with E-state index in [9.17, 15) is 18.4 Å². The van der Waals surface area contributed by atoms with E-state index < -0.39 is 11.6 Å². The van der Waals surface area contributed by atoms with Crippen molar-refractivity contribution in [2.24, 2.45) is 0 Å². The molecule has 3 aromatic rings. The highest BCUT2D eigenvalue weighted by Gasteiger charge is 2.17. The zero-order valence-corrected chi connectivity index (χ0v) is 18.2. The molecule has 0 spiro atoms. The summed E-state index contributed by atoms with van der Waals surface area (Å²) in [5.41, 5.74) is 0.985. The fourth-order valence-electron chi connectivity index (χ4n) is 3.02. The molecular weight excluding hydrogens is 440 g/mol. The molecule has 168 valence electrons. The van der Waals surface area contributed by atoms with Crippen molar-refractivity contribution in [3.8, 4) is 11.3 Å². The fraction of sp³-hybridized carbons (Fsp3) is 0.261. The molecular formula is C23H22ClF2N3O3. The molecule has 1 heterocycles. The maximum atomic E-state index is 13.9. The number of nitrogens with zero attached hydrogens (tertiary/aromatic N) is 2. The molecule has 1 aromatic heterocycles. The summed E-state index contributed by atoms with van der Waals surface area (Å²) in [6, 6.07) is 10.3. The zero-order valence-electron chi connectivity index (χ0n) is 17.4. The van der Waals surface area contributed by atoms with E-state index >= 15 is 0 Å². The van der Waals surface area contributed by atoms with Crippen molar-refractivity contribution >= 4 is 23.4 Å². The summed E-state index contributed by atoms with van der Waals surface area (Å²) in [5.74, 6) is -1.56. The molecule has 0 bridgehead atoms. The Labute approximate surface area is 189 Å². The predicted octanol–water partition coefficient (Wildman–Crippen LogP) is 4.37. The second-order valence-corrected chi connectivity index (χ2v) is 7.49. The fourth-order valence-corrected chi connectivity index (χ4v) is 3.15. The van der Waals surface area contributed by atoms with Gasteiger partial charge in [-0.2, -0.15) is 0 Å². The molecule has 0 atom stereocenters. The van der Waals surface area contributed by atoms with E-state index in [1.165, 1.54) is 17.2 Å². The second kappa shape index (κ2) is 10.9. The lowest BCUT2D eigenvalue weighted by Crippen LogP contribution is -2.40. The third-order valence-electron chi connectivity index (χ3n) is 4.77. The van der Waals surface area contributed by atoms with Crippen molar-refractivity contribution in [2.45, 2.75) is 26.3 Å². The van der Waals surface area contributed by atoms with Gasteiger partial charge in [0.1, 0.15) is 11.6 Å². The summed E-state index contributed by atoms with van der Waals surface area (Å²) in [6.45, 7) is 2.41. The van der Waals surface area contributed by atoms with Gasteiger partial charge in [-0.3, -0.25) is 9.59 Å². The Morgan fingerprint density at radius 1 is 1.16 bits per heavy atom. The Balaban J connectivity index is 1.50. The summed E-state index contributed by atoms with van der Waals surface area (Å²) in [7, 11) is 0. The summed E-state index contributed by atoms with van der Waals surface area (Å²) in [4.78, 5) is 30.2. The zero-order chi connectivity index (χ0) is 23.1. The van der Waals surface area contributed by atoms with Crippen LogP contribution in [0.3, 0.4) is 0 Å². The highest BCUT2D eigenvalue weighted by molar-refractivity contribution is 6.30. The van der Waals surface area contributed by atoms with Crippen LogP contribution < -0.4 is 5.32 Å². The molecule has 0 aliphatic rings. The molecule has 6 nitrogen and oxygen atoms in total. The molecule has 2 amide bonds. The minimum absolute atomic E-state index is 0.0689. The molecule has 0 unspecified atom stereocenters. The van der Waals surface area contributed by atoms with E-state index in [1.807, 2.05) is 12.1 Å². The van der Waals surface area contributed by atoms with Crippen LogP contribution in [0.15, 0.2) is 53.1 Å². The van der Waals surface area contributed by atoms with Gasteiger partial charge in [-0.05, 0) is 36.8 Å². The number of likely N-dealkylation sites (N-methyl/N-ethyl adjacent to an activating group) is 1. The normalized spacial score (nSPS) is 10.8. The van der Waals surface area contributed by atoms with Crippen LogP contribution in [0.2, 0.25) is 5.02 Å². The Kier molecular flexibility index (Phi) is 7.94. The predicted molar refractivity (Wildman–Crippen MR) is 116 cm³/mol. The van der Waals surface area contributed by atoms with Crippen LogP contribution in [-0.2, 0) is 22.6 Å². The van der Waals surface area contributed by atoms with Gasteiger partial charge in [0.15, 0.2) is 11.7 Å². The number of carbonyl (C=O) groups excluding carboxylic acids is 2. The van der Waals surface area contributed by atoms with Crippen molar-refractivity contribution < 1.29 is 22.8 Å². The molecule has 3 rings (SSSR count). The van der Waals surface area contributed by atoms with Gasteiger partial charge in [-0.1, -0.05) is 23.7 Å². The number of rotatable bonds is 9. The molecule has 0 saturated heterocycles. The molecule has 0 saturated carbocycles. The van der Waals surface area contributed by atoms with E-state index in [1.54, 1.807) is 19.1 Å². The third-order valence-corrected chi connectivity index (χ3v) is 5.03. The minimum atomic E-state index is -0.759. The molecule has 9 heteroatoms. The largest absolute Gasteiger partial charge is 0.441 e. The van der Waals surface area contributed by atoms with Crippen molar-refractivity contribution in [3.63, 3.8) is 0 Å². The van der Waals surface area contributed by atoms with Crippen LogP contribution in [0.1, 0.15) is 24.8 Å². The Morgan fingerprint density at radius 2 is 1.91 bits per heavy atom. The smallest absolute Gasteiger partial charge is 0.239 e. The quantitative estimate of drug-likeness (QED) is 0.513. The lowest BCUT2D eigenvalue weighted by atomic mass is 10.2. The van der Waals surface area contributed by atoms with Gasteiger partial charge in [-0.15, -0.1) is 0 Å². The number of hydrogen-bond acceptors (Lipinski definition) is 4. The van der Waals surface area contributed by atoms with E-state index in [0.29, 0.717) is 18.1 Å². The van der Waals surface area contributed by atoms with Gasteiger partial charge in [0, 0.05) is 37.0 Å².